The van der Waals surface area contributed by atoms with Crippen LogP contribution in [0.1, 0.15) is 5.56 Å². The highest BCUT2D eigenvalue weighted by molar-refractivity contribution is 8.15. The Morgan fingerprint density at radius 1 is 1.31 bits per heavy atom. The number of rotatable bonds is 2. The molecule has 0 aliphatic carbocycles. The third-order valence-corrected chi connectivity index (χ3v) is 3.12. The Morgan fingerprint density at radius 3 is 2.23 bits per heavy atom. The zero-order chi connectivity index (χ0) is 9.84. The summed E-state index contributed by atoms with van der Waals surface area (Å²) in [7, 11) is -0.0747. The predicted molar refractivity (Wildman–Crippen MR) is 58.1 cm³/mol. The second-order valence-electron chi connectivity index (χ2n) is 2.93. The van der Waals surface area contributed by atoms with Gasteiger partial charge in [0.2, 0.25) is 0 Å². The van der Waals surface area contributed by atoms with E-state index in [1.54, 1.807) is 0 Å². The zero-order valence-electron chi connectivity index (χ0n) is 7.73. The Labute approximate surface area is 80.6 Å². The molecule has 4 heteroatoms. The van der Waals surface area contributed by atoms with Crippen molar-refractivity contribution in [3.63, 3.8) is 0 Å². The minimum atomic E-state index is -0.0747. The van der Waals surface area contributed by atoms with Gasteiger partial charge in [0.1, 0.15) is 0 Å². The fraction of sp³-hybridized carbons (Fsp3) is 0.222. The maximum absolute atomic E-state index is 8.43. The Bertz CT molecular complexity index is 306. The van der Waals surface area contributed by atoms with Gasteiger partial charge >= 0.3 is 0 Å². The molecule has 0 aliphatic rings. The summed E-state index contributed by atoms with van der Waals surface area (Å²) >= 11 is 0. The average Bonchev–Trinajstić information content (AvgIpc) is 2.17. The Hall–Kier alpha value is -1.16. The summed E-state index contributed by atoms with van der Waals surface area (Å²) in [5.74, 6) is 0.156. The molecule has 0 aromatic heterocycles. The van der Waals surface area contributed by atoms with Gasteiger partial charge in [-0.2, -0.15) is 0 Å². The lowest BCUT2D eigenvalue weighted by molar-refractivity contribution is 0.318. The Morgan fingerprint density at radius 2 is 1.85 bits per heavy atom. The smallest absolute Gasteiger partial charge is 0.170 e. The highest BCUT2D eigenvalue weighted by Gasteiger charge is 1.99. The SMILES string of the molecule is C[SH](C)c1ccc(/C(N)=N/O)cc1. The van der Waals surface area contributed by atoms with E-state index >= 15 is 0 Å². The summed E-state index contributed by atoms with van der Waals surface area (Å²) in [4.78, 5) is 1.31. The lowest BCUT2D eigenvalue weighted by Crippen LogP contribution is -2.12. The van der Waals surface area contributed by atoms with Crippen LogP contribution in [0, 0.1) is 0 Å². The molecule has 0 radical (unpaired) electrons. The van der Waals surface area contributed by atoms with Gasteiger partial charge in [0.25, 0.3) is 0 Å². The molecule has 0 saturated carbocycles. The minimum absolute atomic E-state index is 0.0747. The van der Waals surface area contributed by atoms with Gasteiger partial charge in [-0.25, -0.2) is 10.9 Å². The van der Waals surface area contributed by atoms with E-state index in [0.717, 1.165) is 5.56 Å². The molecule has 0 bridgehead atoms. The van der Waals surface area contributed by atoms with E-state index in [2.05, 4.69) is 17.7 Å². The summed E-state index contributed by atoms with van der Waals surface area (Å²) in [6.45, 7) is 0. The van der Waals surface area contributed by atoms with Crippen molar-refractivity contribution in [1.29, 1.82) is 0 Å². The maximum Gasteiger partial charge on any atom is 0.170 e. The normalized spacial score (nSPS) is 12.8. The Kier molecular flexibility index (Phi) is 3.19. The summed E-state index contributed by atoms with van der Waals surface area (Å²) < 4.78 is 0. The molecule has 0 heterocycles. The molecule has 13 heavy (non-hydrogen) atoms. The summed E-state index contributed by atoms with van der Waals surface area (Å²) in [5, 5.41) is 11.4. The molecule has 3 N–H and O–H groups in total. The largest absolute Gasteiger partial charge is 0.409 e. The number of amidine groups is 1. The number of benzene rings is 1. The number of oxime groups is 1. The molecule has 0 atom stereocenters. The van der Waals surface area contributed by atoms with E-state index in [0.29, 0.717) is 0 Å². The molecule has 1 rings (SSSR count). The van der Waals surface area contributed by atoms with Crippen molar-refractivity contribution >= 4 is 16.7 Å². The number of nitrogens with two attached hydrogens (primary N) is 1. The van der Waals surface area contributed by atoms with Crippen LogP contribution in [0.2, 0.25) is 0 Å². The first-order chi connectivity index (χ1) is 6.15. The van der Waals surface area contributed by atoms with Crippen molar-refractivity contribution in [3.8, 4) is 0 Å². The van der Waals surface area contributed by atoms with E-state index in [1.807, 2.05) is 24.3 Å². The van der Waals surface area contributed by atoms with Gasteiger partial charge in [0.15, 0.2) is 5.84 Å². The van der Waals surface area contributed by atoms with Crippen molar-refractivity contribution in [3.05, 3.63) is 29.8 Å². The maximum atomic E-state index is 8.43. The van der Waals surface area contributed by atoms with E-state index in [4.69, 9.17) is 10.9 Å². The highest BCUT2D eigenvalue weighted by atomic mass is 32.2. The monoisotopic (exact) mass is 198 g/mol. The average molecular weight is 198 g/mol. The molecular formula is C9H14N2OS. The molecule has 0 fully saturated rings. The fourth-order valence-corrected chi connectivity index (χ4v) is 1.73. The van der Waals surface area contributed by atoms with Crippen molar-refractivity contribution in [2.75, 3.05) is 12.5 Å². The van der Waals surface area contributed by atoms with Gasteiger partial charge < -0.3 is 10.9 Å². The molecule has 0 amide bonds. The first-order valence-corrected chi connectivity index (χ1v) is 6.14. The molecule has 0 saturated heterocycles. The predicted octanol–water partition coefficient (Wildman–Crippen LogP) is 1.40. The highest BCUT2D eigenvalue weighted by Crippen LogP contribution is 2.27. The van der Waals surface area contributed by atoms with E-state index in [9.17, 15) is 0 Å². The van der Waals surface area contributed by atoms with Crippen LogP contribution < -0.4 is 5.73 Å². The van der Waals surface area contributed by atoms with Crippen LogP contribution in [0.25, 0.3) is 0 Å². The fourth-order valence-electron chi connectivity index (χ4n) is 0.988. The second kappa shape index (κ2) is 4.18. The van der Waals surface area contributed by atoms with Crippen LogP contribution in [0.5, 0.6) is 0 Å². The number of thiol groups is 1. The molecule has 0 unspecified atom stereocenters. The van der Waals surface area contributed by atoms with Crippen LogP contribution >= 0.6 is 10.9 Å². The lowest BCUT2D eigenvalue weighted by Gasteiger charge is -2.09. The summed E-state index contributed by atoms with van der Waals surface area (Å²) in [6.07, 6.45) is 4.38. The van der Waals surface area contributed by atoms with Crippen molar-refractivity contribution < 1.29 is 5.21 Å². The first kappa shape index (κ1) is 9.92. The van der Waals surface area contributed by atoms with Gasteiger partial charge in [-0.05, 0) is 29.5 Å². The molecule has 72 valence electrons. The van der Waals surface area contributed by atoms with Gasteiger partial charge in [-0.1, -0.05) is 17.3 Å². The third kappa shape index (κ3) is 2.39. The molecule has 1 aromatic rings. The Balaban J connectivity index is 2.94. The van der Waals surface area contributed by atoms with Gasteiger partial charge in [-0.15, -0.1) is 0 Å². The van der Waals surface area contributed by atoms with E-state index in [1.165, 1.54) is 4.90 Å². The number of hydrogen-bond acceptors (Lipinski definition) is 2. The van der Waals surface area contributed by atoms with Crippen molar-refractivity contribution in [2.45, 2.75) is 4.90 Å². The first-order valence-electron chi connectivity index (χ1n) is 3.90. The van der Waals surface area contributed by atoms with Gasteiger partial charge in [0.05, 0.1) is 0 Å². The minimum Gasteiger partial charge on any atom is -0.409 e. The lowest BCUT2D eigenvalue weighted by atomic mass is 10.2. The zero-order valence-corrected chi connectivity index (χ0v) is 8.62. The standard InChI is InChI=1S/C9H14N2OS/c1-13(2)8-5-3-7(4-6-8)9(10)11-12/h3-6,12-13H,1-2H3,(H2,10,11). The van der Waals surface area contributed by atoms with Crippen LogP contribution in [0.4, 0.5) is 0 Å². The van der Waals surface area contributed by atoms with Crippen LogP contribution in [0.15, 0.2) is 34.3 Å². The molecule has 0 aliphatic heterocycles. The summed E-state index contributed by atoms with van der Waals surface area (Å²) in [6, 6.07) is 7.76. The van der Waals surface area contributed by atoms with Gasteiger partial charge in [0, 0.05) is 5.56 Å². The number of hydrogen-bond donors (Lipinski definition) is 3. The van der Waals surface area contributed by atoms with Crippen LogP contribution in [0.3, 0.4) is 0 Å². The molecular weight excluding hydrogens is 184 g/mol. The van der Waals surface area contributed by atoms with Crippen LogP contribution in [-0.4, -0.2) is 23.6 Å². The molecule has 3 nitrogen and oxygen atoms in total. The molecule has 0 spiro atoms. The van der Waals surface area contributed by atoms with Crippen molar-refractivity contribution in [1.82, 2.24) is 0 Å². The topological polar surface area (TPSA) is 58.6 Å². The second-order valence-corrected chi connectivity index (χ2v) is 5.23. The van der Waals surface area contributed by atoms with E-state index < -0.39 is 0 Å². The number of nitrogens with zero attached hydrogens (tertiary/aromatic N) is 1. The van der Waals surface area contributed by atoms with Gasteiger partial charge in [-0.3, -0.25) is 0 Å². The van der Waals surface area contributed by atoms with Crippen LogP contribution in [-0.2, 0) is 0 Å². The van der Waals surface area contributed by atoms with E-state index in [-0.39, 0.29) is 16.7 Å². The quantitative estimate of drug-likeness (QED) is 0.221. The third-order valence-electron chi connectivity index (χ3n) is 1.79. The molecule has 1 aromatic carbocycles. The van der Waals surface area contributed by atoms with Crippen molar-refractivity contribution in [2.24, 2.45) is 10.9 Å². The summed E-state index contributed by atoms with van der Waals surface area (Å²) in [5.41, 5.74) is 6.18.